The fourth-order valence-corrected chi connectivity index (χ4v) is 4.20. The minimum atomic E-state index is -0.520. The zero-order valence-corrected chi connectivity index (χ0v) is 17.6. The van der Waals surface area contributed by atoms with Crippen molar-refractivity contribution in [3.63, 3.8) is 0 Å². The minimum Gasteiger partial charge on any atom is -0.342 e. The Morgan fingerprint density at radius 2 is 1.93 bits per heavy atom. The van der Waals surface area contributed by atoms with E-state index in [4.69, 9.17) is 31.5 Å². The molecule has 158 valence electrons. The van der Waals surface area contributed by atoms with Gasteiger partial charge in [-0.05, 0) is 33.1 Å². The number of fused-ring (bicyclic) bond motifs is 3. The first-order chi connectivity index (χ1) is 14.7. The van der Waals surface area contributed by atoms with Gasteiger partial charge in [-0.25, -0.2) is 0 Å². The van der Waals surface area contributed by atoms with Crippen LogP contribution in [0.4, 0.5) is 0 Å². The molecule has 0 bridgehead atoms. The summed E-state index contributed by atoms with van der Waals surface area (Å²) >= 11 is 0. The molecule has 2 radical (unpaired) electrons. The number of hydrogen-bond donors (Lipinski definition) is 0. The van der Waals surface area contributed by atoms with Crippen molar-refractivity contribution in [1.82, 2.24) is 0 Å². The van der Waals surface area contributed by atoms with Crippen LogP contribution < -0.4 is 0 Å². The lowest BCUT2D eigenvalue weighted by Crippen LogP contribution is -2.51. The van der Waals surface area contributed by atoms with Crippen molar-refractivity contribution in [3.05, 3.63) is 71.8 Å². The second-order valence-corrected chi connectivity index (χ2v) is 7.69. The largest absolute Gasteiger partial charge is 0.342 e. The van der Waals surface area contributed by atoms with E-state index in [1.807, 2.05) is 50.3 Å². The standard InChI is InChI=1S/C24H29BO5/c1-3-5-11-16(10-4-2)22-26-18(14-9-15-25)19-20(28-22)21-24(27-19)30-23(29-21)17-12-7-6-8-13-17/h3-5,7,9-13,15,18-24H,6,8,14H2,1-2H3/b5-3-,10-4-,15-9+,16-11+. The van der Waals surface area contributed by atoms with Crippen molar-refractivity contribution in [1.29, 1.82) is 0 Å². The van der Waals surface area contributed by atoms with Crippen molar-refractivity contribution in [2.24, 2.45) is 0 Å². The number of hydrogen-bond acceptors (Lipinski definition) is 5. The number of allylic oxidation sites excluding steroid dienone is 6. The predicted molar refractivity (Wildman–Crippen MR) is 116 cm³/mol. The van der Waals surface area contributed by atoms with Gasteiger partial charge >= 0.3 is 0 Å². The van der Waals surface area contributed by atoms with Gasteiger partial charge in [-0.1, -0.05) is 54.7 Å². The molecule has 0 spiro atoms. The van der Waals surface area contributed by atoms with Gasteiger partial charge in [0, 0.05) is 11.1 Å². The minimum absolute atomic E-state index is 0.210. The summed E-state index contributed by atoms with van der Waals surface area (Å²) in [5, 5.41) is 0. The second kappa shape index (κ2) is 10.1. The van der Waals surface area contributed by atoms with Gasteiger partial charge in [-0.15, -0.1) is 5.98 Å². The average Bonchev–Trinajstić information content (AvgIpc) is 3.34. The van der Waals surface area contributed by atoms with Crippen LogP contribution in [-0.4, -0.2) is 51.1 Å². The molecule has 0 saturated carbocycles. The van der Waals surface area contributed by atoms with Crippen LogP contribution in [0.3, 0.4) is 0 Å². The summed E-state index contributed by atoms with van der Waals surface area (Å²) in [5.74, 6) is 1.53. The summed E-state index contributed by atoms with van der Waals surface area (Å²) in [6, 6.07) is 0. The second-order valence-electron chi connectivity index (χ2n) is 7.69. The van der Waals surface area contributed by atoms with Crippen molar-refractivity contribution >= 4 is 7.85 Å². The summed E-state index contributed by atoms with van der Waals surface area (Å²) in [6.07, 6.45) is 18.4. The molecule has 7 unspecified atom stereocenters. The van der Waals surface area contributed by atoms with Crippen LogP contribution in [0.5, 0.6) is 0 Å². The first-order valence-electron chi connectivity index (χ1n) is 10.7. The molecule has 4 aliphatic rings. The van der Waals surface area contributed by atoms with E-state index >= 15 is 0 Å². The smallest absolute Gasteiger partial charge is 0.190 e. The SMILES string of the molecule is [B]/C=C/CC1OC(C(/C=C\C)=C/C=C\C)OC2C1OC1OC(C3=CCCC=C3)OC12. The Hall–Kier alpha value is -1.70. The molecule has 0 amide bonds. The number of rotatable bonds is 6. The van der Waals surface area contributed by atoms with E-state index in [0.29, 0.717) is 6.42 Å². The summed E-state index contributed by atoms with van der Waals surface area (Å²) in [7, 11) is 5.58. The third-order valence-electron chi connectivity index (χ3n) is 5.60. The number of ether oxygens (including phenoxy) is 5. The molecule has 1 aliphatic carbocycles. The van der Waals surface area contributed by atoms with Crippen LogP contribution in [0.1, 0.15) is 33.1 Å². The molecular formula is C24H29BO5. The Balaban J connectivity index is 1.55. The molecule has 0 N–H and O–H groups in total. The highest BCUT2D eigenvalue weighted by Crippen LogP contribution is 2.42. The highest BCUT2D eigenvalue weighted by molar-refractivity contribution is 6.16. The average molecular weight is 408 g/mol. The van der Waals surface area contributed by atoms with E-state index in [9.17, 15) is 0 Å². The first kappa shape index (κ1) is 21.5. The van der Waals surface area contributed by atoms with Crippen LogP contribution in [0.2, 0.25) is 0 Å². The maximum atomic E-state index is 6.38. The predicted octanol–water partition coefficient (Wildman–Crippen LogP) is 3.99. The van der Waals surface area contributed by atoms with Crippen LogP contribution >= 0.6 is 0 Å². The van der Waals surface area contributed by atoms with Crippen molar-refractivity contribution in [2.75, 3.05) is 0 Å². The molecular weight excluding hydrogens is 379 g/mol. The van der Waals surface area contributed by atoms with E-state index in [-0.39, 0.29) is 24.4 Å². The fourth-order valence-electron chi connectivity index (χ4n) is 4.20. The molecule has 7 atom stereocenters. The van der Waals surface area contributed by atoms with E-state index < -0.39 is 18.9 Å². The van der Waals surface area contributed by atoms with Crippen LogP contribution in [-0.2, 0) is 23.7 Å². The van der Waals surface area contributed by atoms with Gasteiger partial charge in [-0.2, -0.15) is 0 Å². The lowest BCUT2D eigenvalue weighted by molar-refractivity contribution is -0.280. The van der Waals surface area contributed by atoms with Gasteiger partial charge in [0.2, 0.25) is 0 Å². The molecule has 5 nitrogen and oxygen atoms in total. The van der Waals surface area contributed by atoms with Crippen molar-refractivity contribution in [2.45, 2.75) is 76.4 Å². The quantitative estimate of drug-likeness (QED) is 0.491. The van der Waals surface area contributed by atoms with Crippen LogP contribution in [0, 0.1) is 0 Å². The van der Waals surface area contributed by atoms with Gasteiger partial charge in [-0.3, -0.25) is 0 Å². The zero-order valence-electron chi connectivity index (χ0n) is 17.6. The van der Waals surface area contributed by atoms with E-state index in [0.717, 1.165) is 24.0 Å². The zero-order chi connectivity index (χ0) is 20.9. The van der Waals surface area contributed by atoms with Gasteiger partial charge in [0.25, 0.3) is 0 Å². The fraction of sp³-hybridized carbons (Fsp3) is 0.500. The van der Waals surface area contributed by atoms with E-state index in [1.165, 1.54) is 5.98 Å². The van der Waals surface area contributed by atoms with Gasteiger partial charge in [0.15, 0.2) is 18.9 Å². The summed E-state index contributed by atoms with van der Waals surface area (Å²) in [5.41, 5.74) is 1.98. The first-order valence-corrected chi connectivity index (χ1v) is 10.7. The molecule has 0 aromatic heterocycles. The Bertz CT molecular complexity index is 780. The Kier molecular flexibility index (Phi) is 7.23. The van der Waals surface area contributed by atoms with Crippen molar-refractivity contribution in [3.8, 4) is 0 Å². The highest BCUT2D eigenvalue weighted by Gasteiger charge is 2.58. The van der Waals surface area contributed by atoms with Gasteiger partial charge in [0.1, 0.15) is 26.2 Å². The molecule has 0 aromatic carbocycles. The lowest BCUT2D eigenvalue weighted by atomic mass is 9.99. The lowest BCUT2D eigenvalue weighted by Gasteiger charge is -2.39. The molecule has 3 fully saturated rings. The summed E-state index contributed by atoms with van der Waals surface area (Å²) in [4.78, 5) is 0. The van der Waals surface area contributed by atoms with Crippen LogP contribution in [0.15, 0.2) is 71.8 Å². The molecule has 4 rings (SSSR count). The third kappa shape index (κ3) is 4.48. The highest BCUT2D eigenvalue weighted by atomic mass is 16.8. The van der Waals surface area contributed by atoms with Crippen LogP contribution in [0.25, 0.3) is 0 Å². The van der Waals surface area contributed by atoms with E-state index in [2.05, 4.69) is 18.2 Å². The summed E-state index contributed by atoms with van der Waals surface area (Å²) in [6.45, 7) is 3.95. The summed E-state index contributed by atoms with van der Waals surface area (Å²) < 4.78 is 31.2. The Morgan fingerprint density at radius 3 is 2.67 bits per heavy atom. The maximum Gasteiger partial charge on any atom is 0.190 e. The molecule has 0 aromatic rings. The van der Waals surface area contributed by atoms with Crippen molar-refractivity contribution < 1.29 is 23.7 Å². The molecule has 3 heterocycles. The Labute approximate surface area is 180 Å². The molecule has 3 saturated heterocycles. The molecule has 30 heavy (non-hydrogen) atoms. The monoisotopic (exact) mass is 408 g/mol. The maximum absolute atomic E-state index is 6.38. The molecule has 6 heteroatoms. The third-order valence-corrected chi connectivity index (χ3v) is 5.60. The van der Waals surface area contributed by atoms with Gasteiger partial charge in [0.05, 0.1) is 6.10 Å². The normalized spacial score (nSPS) is 39.2. The molecule has 3 aliphatic heterocycles. The Morgan fingerprint density at radius 1 is 1.03 bits per heavy atom. The topological polar surface area (TPSA) is 46.2 Å². The van der Waals surface area contributed by atoms with E-state index in [1.54, 1.807) is 0 Å². The van der Waals surface area contributed by atoms with Gasteiger partial charge < -0.3 is 23.7 Å².